The van der Waals surface area contributed by atoms with E-state index in [0.29, 0.717) is 0 Å². The molecule has 1 aromatic rings. The number of rotatable bonds is 5. The number of alkyl halides is 1. The molecule has 0 unspecified atom stereocenters. The largest absolute Gasteiger partial charge is 0.490 e. The standard InChI is InChI=1S/C10H9ClF2O2/c11-6-8(14)3-4-15-10-2-1-7(12)5-9(10)13/h1-2,5H,3-4,6H2. The Morgan fingerprint density at radius 3 is 2.73 bits per heavy atom. The van der Waals surface area contributed by atoms with Crippen molar-refractivity contribution in [3.8, 4) is 5.75 Å². The van der Waals surface area contributed by atoms with Gasteiger partial charge >= 0.3 is 0 Å². The van der Waals surface area contributed by atoms with Crippen LogP contribution in [0.25, 0.3) is 0 Å². The summed E-state index contributed by atoms with van der Waals surface area (Å²) < 4.78 is 30.4. The minimum absolute atomic E-state index is 0.0358. The molecule has 0 spiro atoms. The van der Waals surface area contributed by atoms with Gasteiger partial charge in [-0.3, -0.25) is 4.79 Å². The van der Waals surface area contributed by atoms with E-state index in [9.17, 15) is 13.6 Å². The maximum absolute atomic E-state index is 13.0. The maximum atomic E-state index is 13.0. The number of carbonyl (C=O) groups excluding carboxylic acids is 1. The Kier molecular flexibility index (Phi) is 4.49. The van der Waals surface area contributed by atoms with Crippen molar-refractivity contribution in [1.29, 1.82) is 0 Å². The second-order valence-electron chi connectivity index (χ2n) is 2.85. The molecule has 0 aliphatic heterocycles. The van der Waals surface area contributed by atoms with Crippen molar-refractivity contribution >= 4 is 17.4 Å². The second-order valence-corrected chi connectivity index (χ2v) is 3.11. The number of carbonyl (C=O) groups is 1. The summed E-state index contributed by atoms with van der Waals surface area (Å²) in [4.78, 5) is 10.8. The summed E-state index contributed by atoms with van der Waals surface area (Å²) in [7, 11) is 0. The van der Waals surface area contributed by atoms with Gasteiger partial charge in [-0.2, -0.15) is 0 Å². The van der Waals surface area contributed by atoms with Crippen molar-refractivity contribution in [1.82, 2.24) is 0 Å². The van der Waals surface area contributed by atoms with Gasteiger partial charge in [0.1, 0.15) is 5.82 Å². The Bertz CT molecular complexity index is 355. The van der Waals surface area contributed by atoms with E-state index in [1.54, 1.807) is 0 Å². The number of Topliss-reactive ketones (excluding diaryl/α,β-unsaturated/α-hetero) is 1. The van der Waals surface area contributed by atoms with Crippen molar-refractivity contribution < 1.29 is 18.3 Å². The van der Waals surface area contributed by atoms with Gasteiger partial charge in [-0.1, -0.05) is 0 Å². The minimum Gasteiger partial charge on any atom is -0.490 e. The van der Waals surface area contributed by atoms with Crippen LogP contribution in [0, 0.1) is 11.6 Å². The van der Waals surface area contributed by atoms with E-state index >= 15 is 0 Å². The van der Waals surface area contributed by atoms with E-state index in [4.69, 9.17) is 16.3 Å². The van der Waals surface area contributed by atoms with Crippen LogP contribution in [0.5, 0.6) is 5.75 Å². The highest BCUT2D eigenvalue weighted by molar-refractivity contribution is 6.27. The first kappa shape index (κ1) is 11.9. The van der Waals surface area contributed by atoms with Crippen molar-refractivity contribution in [3.05, 3.63) is 29.8 Å². The molecule has 0 saturated heterocycles. The fourth-order valence-electron chi connectivity index (χ4n) is 0.934. The minimum atomic E-state index is -0.784. The highest BCUT2D eigenvalue weighted by atomic mass is 35.5. The number of hydrogen-bond acceptors (Lipinski definition) is 2. The fraction of sp³-hybridized carbons (Fsp3) is 0.300. The summed E-state index contributed by atoms with van der Waals surface area (Å²) in [6.45, 7) is 0.0358. The van der Waals surface area contributed by atoms with E-state index in [1.165, 1.54) is 6.07 Å². The molecule has 0 saturated carbocycles. The molecule has 0 N–H and O–H groups in total. The first-order valence-electron chi connectivity index (χ1n) is 4.29. The molecule has 0 radical (unpaired) electrons. The first-order valence-corrected chi connectivity index (χ1v) is 4.82. The van der Waals surface area contributed by atoms with Crippen LogP contribution >= 0.6 is 11.6 Å². The lowest BCUT2D eigenvalue weighted by Crippen LogP contribution is -2.07. The Hall–Kier alpha value is -1.16. The van der Waals surface area contributed by atoms with E-state index in [-0.39, 0.29) is 30.4 Å². The van der Waals surface area contributed by atoms with Gasteiger partial charge in [-0.15, -0.1) is 11.6 Å². The molecule has 0 atom stereocenters. The highest BCUT2D eigenvalue weighted by Gasteiger charge is 2.05. The topological polar surface area (TPSA) is 26.3 Å². The van der Waals surface area contributed by atoms with E-state index in [0.717, 1.165) is 12.1 Å². The molecule has 0 aromatic heterocycles. The molecule has 0 heterocycles. The van der Waals surface area contributed by atoms with Gasteiger partial charge in [0.2, 0.25) is 0 Å². The van der Waals surface area contributed by atoms with Crippen molar-refractivity contribution in [2.24, 2.45) is 0 Å². The molecule has 15 heavy (non-hydrogen) atoms. The molecule has 82 valence electrons. The molecule has 1 aromatic carbocycles. The zero-order valence-corrected chi connectivity index (χ0v) is 8.56. The number of benzene rings is 1. The van der Waals surface area contributed by atoms with Crippen LogP contribution in [0.3, 0.4) is 0 Å². The van der Waals surface area contributed by atoms with E-state index < -0.39 is 11.6 Å². The summed E-state index contributed by atoms with van der Waals surface area (Å²) in [5.74, 6) is -1.79. The third-order valence-corrected chi connectivity index (χ3v) is 1.98. The number of ether oxygens (including phenoxy) is 1. The van der Waals surface area contributed by atoms with Crippen LogP contribution in [-0.4, -0.2) is 18.3 Å². The predicted molar refractivity (Wildman–Crippen MR) is 52.2 cm³/mol. The van der Waals surface area contributed by atoms with Crippen LogP contribution in [0.2, 0.25) is 0 Å². The van der Waals surface area contributed by atoms with Gasteiger partial charge in [0.05, 0.1) is 12.5 Å². The number of hydrogen-bond donors (Lipinski definition) is 0. The van der Waals surface area contributed by atoms with Gasteiger partial charge in [0.25, 0.3) is 0 Å². The summed E-state index contributed by atoms with van der Waals surface area (Å²) in [6.07, 6.45) is 0.111. The zero-order chi connectivity index (χ0) is 11.3. The normalized spacial score (nSPS) is 10.1. The molecule has 2 nitrogen and oxygen atoms in total. The van der Waals surface area contributed by atoms with Crippen LogP contribution in [0.4, 0.5) is 8.78 Å². The Morgan fingerprint density at radius 1 is 1.40 bits per heavy atom. The Morgan fingerprint density at radius 2 is 2.13 bits per heavy atom. The predicted octanol–water partition coefficient (Wildman–Crippen LogP) is 2.54. The van der Waals surface area contributed by atoms with Gasteiger partial charge < -0.3 is 4.74 Å². The number of halogens is 3. The lowest BCUT2D eigenvalue weighted by Gasteiger charge is -2.05. The molecular formula is C10H9ClF2O2. The van der Waals surface area contributed by atoms with Gasteiger partial charge in [0.15, 0.2) is 17.3 Å². The lowest BCUT2D eigenvalue weighted by atomic mass is 10.3. The number of ketones is 1. The highest BCUT2D eigenvalue weighted by Crippen LogP contribution is 2.17. The monoisotopic (exact) mass is 234 g/mol. The van der Waals surface area contributed by atoms with Gasteiger partial charge in [-0.05, 0) is 12.1 Å². The lowest BCUT2D eigenvalue weighted by molar-refractivity contribution is -0.117. The smallest absolute Gasteiger partial charge is 0.167 e. The fourth-order valence-corrected chi connectivity index (χ4v) is 1.07. The molecule has 0 aliphatic carbocycles. The molecule has 0 bridgehead atoms. The molecule has 0 fully saturated rings. The van der Waals surface area contributed by atoms with Gasteiger partial charge in [-0.25, -0.2) is 8.78 Å². The van der Waals surface area contributed by atoms with Crippen LogP contribution in [0.15, 0.2) is 18.2 Å². The quantitative estimate of drug-likeness (QED) is 0.732. The summed E-state index contributed by atoms with van der Waals surface area (Å²) in [5, 5.41) is 0. The average Bonchev–Trinajstić information content (AvgIpc) is 2.21. The van der Waals surface area contributed by atoms with Crippen LogP contribution in [-0.2, 0) is 4.79 Å². The Labute approximate surface area is 90.8 Å². The zero-order valence-electron chi connectivity index (χ0n) is 7.80. The second kappa shape index (κ2) is 5.66. The van der Waals surface area contributed by atoms with Crippen molar-refractivity contribution in [2.75, 3.05) is 12.5 Å². The van der Waals surface area contributed by atoms with E-state index in [1.807, 2.05) is 0 Å². The third-order valence-electron chi connectivity index (χ3n) is 1.68. The van der Waals surface area contributed by atoms with Crippen molar-refractivity contribution in [2.45, 2.75) is 6.42 Å². The van der Waals surface area contributed by atoms with E-state index in [2.05, 4.69) is 0 Å². The summed E-state index contributed by atoms with van der Waals surface area (Å²) in [6, 6.07) is 2.98. The molecule has 5 heteroatoms. The third kappa shape index (κ3) is 3.83. The van der Waals surface area contributed by atoms with Crippen LogP contribution < -0.4 is 4.74 Å². The molecule has 0 aliphatic rings. The summed E-state index contributed by atoms with van der Waals surface area (Å²) in [5.41, 5.74) is 0. The molecule has 0 amide bonds. The van der Waals surface area contributed by atoms with Crippen molar-refractivity contribution in [3.63, 3.8) is 0 Å². The summed E-state index contributed by atoms with van der Waals surface area (Å²) >= 11 is 5.26. The average molecular weight is 235 g/mol. The molecular weight excluding hydrogens is 226 g/mol. The Balaban J connectivity index is 2.47. The first-order chi connectivity index (χ1) is 7.13. The van der Waals surface area contributed by atoms with Crippen LogP contribution in [0.1, 0.15) is 6.42 Å². The SMILES string of the molecule is O=C(CCl)CCOc1ccc(F)cc1F. The maximum Gasteiger partial charge on any atom is 0.167 e. The molecule has 1 rings (SSSR count). The van der Waals surface area contributed by atoms with Gasteiger partial charge in [0, 0.05) is 12.5 Å².